The fraction of sp³-hybridized carbons (Fsp3) is 0.917. The highest BCUT2D eigenvalue weighted by molar-refractivity contribution is 5.77. The summed E-state index contributed by atoms with van der Waals surface area (Å²) in [5.74, 6) is -0.860. The van der Waals surface area contributed by atoms with Gasteiger partial charge in [0.25, 0.3) is 0 Å². The number of hydrogen-bond acceptors (Lipinski definition) is 3. The standard InChI is InChI=1S/C12H22O4/c1-11(2)4-6-12(7-5-11,10(14)15)16-9-3-8-13/h13H,3-9H2,1-2H3,(H,14,15). The van der Waals surface area contributed by atoms with Crippen LogP contribution in [-0.2, 0) is 9.53 Å². The van der Waals surface area contributed by atoms with E-state index in [2.05, 4.69) is 13.8 Å². The number of carbonyl (C=O) groups is 1. The van der Waals surface area contributed by atoms with Crippen molar-refractivity contribution in [1.29, 1.82) is 0 Å². The maximum absolute atomic E-state index is 11.3. The summed E-state index contributed by atoms with van der Waals surface area (Å²) in [5.41, 5.74) is -0.788. The summed E-state index contributed by atoms with van der Waals surface area (Å²) in [6.07, 6.45) is 3.39. The van der Waals surface area contributed by atoms with Crippen LogP contribution in [-0.4, -0.2) is 35.0 Å². The van der Waals surface area contributed by atoms with Crippen LogP contribution in [0.3, 0.4) is 0 Å². The summed E-state index contributed by atoms with van der Waals surface area (Å²) < 4.78 is 5.51. The molecule has 1 saturated carbocycles. The molecule has 0 unspecified atom stereocenters. The van der Waals surface area contributed by atoms with E-state index < -0.39 is 11.6 Å². The third-order valence-electron chi connectivity index (χ3n) is 3.48. The number of carboxylic acids is 1. The summed E-state index contributed by atoms with van der Waals surface area (Å²) in [6.45, 7) is 4.68. The Kier molecular flexibility index (Phi) is 4.33. The third-order valence-corrected chi connectivity index (χ3v) is 3.48. The molecule has 1 fully saturated rings. The Morgan fingerprint density at radius 3 is 2.25 bits per heavy atom. The first-order valence-electron chi connectivity index (χ1n) is 5.90. The van der Waals surface area contributed by atoms with Gasteiger partial charge in [-0.05, 0) is 37.5 Å². The lowest BCUT2D eigenvalue weighted by Crippen LogP contribution is -2.46. The molecule has 0 spiro atoms. The number of hydrogen-bond donors (Lipinski definition) is 2. The van der Waals surface area contributed by atoms with Gasteiger partial charge in [-0.3, -0.25) is 0 Å². The molecule has 0 bridgehead atoms. The second-order valence-electron chi connectivity index (χ2n) is 5.39. The lowest BCUT2D eigenvalue weighted by atomic mass is 9.71. The third kappa shape index (κ3) is 3.19. The van der Waals surface area contributed by atoms with E-state index in [1.54, 1.807) is 0 Å². The van der Waals surface area contributed by atoms with Gasteiger partial charge in [-0.15, -0.1) is 0 Å². The van der Waals surface area contributed by atoms with Gasteiger partial charge in [-0.25, -0.2) is 4.79 Å². The zero-order valence-corrected chi connectivity index (χ0v) is 10.2. The topological polar surface area (TPSA) is 66.8 Å². The van der Waals surface area contributed by atoms with Gasteiger partial charge in [0, 0.05) is 6.61 Å². The molecule has 4 nitrogen and oxygen atoms in total. The highest BCUT2D eigenvalue weighted by Crippen LogP contribution is 2.42. The second-order valence-corrected chi connectivity index (χ2v) is 5.39. The SMILES string of the molecule is CC1(C)CCC(OCCCO)(C(=O)O)CC1. The summed E-state index contributed by atoms with van der Waals surface area (Å²) in [4.78, 5) is 11.3. The van der Waals surface area contributed by atoms with Crippen LogP contribution < -0.4 is 0 Å². The number of aliphatic hydroxyl groups excluding tert-OH is 1. The molecule has 94 valence electrons. The molecule has 0 amide bonds. The summed E-state index contributed by atoms with van der Waals surface area (Å²) >= 11 is 0. The number of aliphatic hydroxyl groups is 1. The van der Waals surface area contributed by atoms with E-state index >= 15 is 0 Å². The molecule has 0 aromatic carbocycles. The average Bonchev–Trinajstić information content (AvgIpc) is 2.21. The molecular weight excluding hydrogens is 208 g/mol. The number of carboxylic acid groups (broad SMARTS) is 1. The molecule has 16 heavy (non-hydrogen) atoms. The van der Waals surface area contributed by atoms with Crippen molar-refractivity contribution in [2.45, 2.75) is 51.6 Å². The minimum Gasteiger partial charge on any atom is -0.479 e. The Bertz CT molecular complexity index is 237. The van der Waals surface area contributed by atoms with E-state index in [0.29, 0.717) is 25.9 Å². The fourth-order valence-electron chi connectivity index (χ4n) is 2.08. The van der Waals surface area contributed by atoms with E-state index in [1.165, 1.54) is 0 Å². The molecule has 0 radical (unpaired) electrons. The van der Waals surface area contributed by atoms with Gasteiger partial charge in [0.15, 0.2) is 5.60 Å². The zero-order chi connectivity index (χ0) is 12.2. The largest absolute Gasteiger partial charge is 0.479 e. The van der Waals surface area contributed by atoms with Gasteiger partial charge < -0.3 is 14.9 Å². The Morgan fingerprint density at radius 1 is 1.25 bits per heavy atom. The summed E-state index contributed by atoms with van der Waals surface area (Å²) in [6, 6.07) is 0. The van der Waals surface area contributed by atoms with Crippen molar-refractivity contribution in [3.63, 3.8) is 0 Å². The van der Waals surface area contributed by atoms with Crippen molar-refractivity contribution in [2.75, 3.05) is 13.2 Å². The quantitative estimate of drug-likeness (QED) is 0.707. The molecule has 1 aliphatic rings. The van der Waals surface area contributed by atoms with Crippen LogP contribution in [0.2, 0.25) is 0 Å². The molecule has 1 aliphatic carbocycles. The predicted molar refractivity (Wildman–Crippen MR) is 60.3 cm³/mol. The number of ether oxygens (including phenoxy) is 1. The molecule has 1 rings (SSSR count). The van der Waals surface area contributed by atoms with Gasteiger partial charge in [0.05, 0.1) is 6.61 Å². The van der Waals surface area contributed by atoms with E-state index in [-0.39, 0.29) is 12.0 Å². The van der Waals surface area contributed by atoms with Gasteiger partial charge >= 0.3 is 5.97 Å². The van der Waals surface area contributed by atoms with Gasteiger partial charge in [0.2, 0.25) is 0 Å². The normalized spacial score (nSPS) is 22.9. The van der Waals surface area contributed by atoms with Crippen LogP contribution in [0.5, 0.6) is 0 Å². The van der Waals surface area contributed by atoms with Gasteiger partial charge in [-0.1, -0.05) is 13.8 Å². The molecule has 0 aromatic heterocycles. The van der Waals surface area contributed by atoms with Crippen LogP contribution in [0, 0.1) is 5.41 Å². The molecular formula is C12H22O4. The smallest absolute Gasteiger partial charge is 0.335 e. The van der Waals surface area contributed by atoms with E-state index in [1.807, 2.05) is 0 Å². The molecule has 2 N–H and O–H groups in total. The van der Waals surface area contributed by atoms with Crippen LogP contribution in [0.25, 0.3) is 0 Å². The highest BCUT2D eigenvalue weighted by Gasteiger charge is 2.45. The maximum atomic E-state index is 11.3. The van der Waals surface area contributed by atoms with Crippen molar-refractivity contribution in [2.24, 2.45) is 5.41 Å². The molecule has 0 aliphatic heterocycles. The zero-order valence-electron chi connectivity index (χ0n) is 10.2. The molecule has 0 heterocycles. The van der Waals surface area contributed by atoms with Crippen molar-refractivity contribution in [1.82, 2.24) is 0 Å². The van der Waals surface area contributed by atoms with E-state index in [0.717, 1.165) is 12.8 Å². The second kappa shape index (κ2) is 5.15. The Morgan fingerprint density at radius 2 is 1.81 bits per heavy atom. The van der Waals surface area contributed by atoms with Crippen LogP contribution >= 0.6 is 0 Å². The first-order valence-corrected chi connectivity index (χ1v) is 5.90. The van der Waals surface area contributed by atoms with Crippen molar-refractivity contribution >= 4 is 5.97 Å². The minimum atomic E-state index is -1.01. The first-order chi connectivity index (χ1) is 7.42. The van der Waals surface area contributed by atoms with Crippen LogP contribution in [0.15, 0.2) is 0 Å². The number of rotatable bonds is 5. The first kappa shape index (κ1) is 13.5. The molecule has 0 aromatic rings. The van der Waals surface area contributed by atoms with Crippen molar-refractivity contribution in [3.05, 3.63) is 0 Å². The fourth-order valence-corrected chi connectivity index (χ4v) is 2.08. The molecule has 4 heteroatoms. The van der Waals surface area contributed by atoms with Crippen molar-refractivity contribution in [3.8, 4) is 0 Å². The summed E-state index contributed by atoms with van der Waals surface area (Å²) in [5, 5.41) is 17.9. The van der Waals surface area contributed by atoms with Gasteiger partial charge in [0.1, 0.15) is 0 Å². The Labute approximate surface area is 96.6 Å². The molecule has 0 saturated heterocycles. The molecule has 0 atom stereocenters. The lowest BCUT2D eigenvalue weighted by molar-refractivity contribution is -0.174. The highest BCUT2D eigenvalue weighted by atomic mass is 16.5. The summed E-state index contributed by atoms with van der Waals surface area (Å²) in [7, 11) is 0. The average molecular weight is 230 g/mol. The van der Waals surface area contributed by atoms with E-state index in [4.69, 9.17) is 9.84 Å². The van der Waals surface area contributed by atoms with Crippen LogP contribution in [0.1, 0.15) is 46.0 Å². The lowest BCUT2D eigenvalue weighted by Gasteiger charge is -2.40. The van der Waals surface area contributed by atoms with Crippen molar-refractivity contribution < 1.29 is 19.7 Å². The monoisotopic (exact) mass is 230 g/mol. The Hall–Kier alpha value is -0.610. The van der Waals surface area contributed by atoms with E-state index in [9.17, 15) is 9.90 Å². The predicted octanol–water partition coefficient (Wildman–Crippen LogP) is 1.81. The maximum Gasteiger partial charge on any atom is 0.335 e. The Balaban J connectivity index is 2.58. The van der Waals surface area contributed by atoms with Crippen LogP contribution in [0.4, 0.5) is 0 Å². The number of aliphatic carboxylic acids is 1. The minimum absolute atomic E-state index is 0.0428. The van der Waals surface area contributed by atoms with Gasteiger partial charge in [-0.2, -0.15) is 0 Å².